The van der Waals surface area contributed by atoms with Crippen molar-refractivity contribution in [1.29, 1.82) is 0 Å². The van der Waals surface area contributed by atoms with Gasteiger partial charge in [-0.1, -0.05) is 54.6 Å². The summed E-state index contributed by atoms with van der Waals surface area (Å²) in [6.07, 6.45) is 0. The maximum atomic E-state index is 12.8. The summed E-state index contributed by atoms with van der Waals surface area (Å²) in [5.41, 5.74) is 2.25. The second kappa shape index (κ2) is 9.86. The summed E-state index contributed by atoms with van der Waals surface area (Å²) >= 11 is 0. The highest BCUT2D eigenvalue weighted by Crippen LogP contribution is 2.22. The fourth-order valence-corrected chi connectivity index (χ4v) is 3.79. The van der Waals surface area contributed by atoms with Gasteiger partial charge in [-0.15, -0.1) is 0 Å². The molecule has 3 aromatic rings. The number of primary sulfonamides is 1. The smallest absolute Gasteiger partial charge is 0.238 e. The molecule has 0 aromatic heterocycles. The molecule has 166 valence electrons. The molecule has 3 rings (SSSR count). The Balaban J connectivity index is 1.69. The van der Waals surface area contributed by atoms with Crippen LogP contribution in [0.5, 0.6) is 0 Å². The summed E-state index contributed by atoms with van der Waals surface area (Å²) in [5.74, 6) is -0.438. The molecule has 8 heteroatoms. The van der Waals surface area contributed by atoms with Crippen LogP contribution in [0.25, 0.3) is 0 Å². The van der Waals surface area contributed by atoms with E-state index < -0.39 is 10.0 Å². The molecule has 0 aliphatic carbocycles. The van der Waals surface area contributed by atoms with Gasteiger partial charge in [0, 0.05) is 17.2 Å². The van der Waals surface area contributed by atoms with Crippen molar-refractivity contribution in [1.82, 2.24) is 4.90 Å². The molecule has 1 amide bonds. The largest absolute Gasteiger partial charge is 0.324 e. The Kier molecular flexibility index (Phi) is 7.19. The topological polar surface area (TPSA) is 110 Å². The highest BCUT2D eigenvalue weighted by molar-refractivity contribution is 7.89. The average Bonchev–Trinajstić information content (AvgIpc) is 2.78. The molecule has 0 aliphatic heterocycles. The molecule has 32 heavy (non-hydrogen) atoms. The van der Waals surface area contributed by atoms with Gasteiger partial charge < -0.3 is 5.32 Å². The molecule has 0 heterocycles. The van der Waals surface area contributed by atoms with Crippen LogP contribution in [0, 0.1) is 0 Å². The van der Waals surface area contributed by atoms with Gasteiger partial charge in [-0.3, -0.25) is 14.5 Å². The van der Waals surface area contributed by atoms with Gasteiger partial charge in [-0.25, -0.2) is 13.6 Å². The first kappa shape index (κ1) is 23.3. The molecule has 0 fully saturated rings. The van der Waals surface area contributed by atoms with Crippen LogP contribution in [0.1, 0.15) is 34.5 Å². The van der Waals surface area contributed by atoms with Crippen molar-refractivity contribution in [2.75, 3.05) is 18.9 Å². The summed E-state index contributed by atoms with van der Waals surface area (Å²) in [4.78, 5) is 27.4. The van der Waals surface area contributed by atoms with Crippen molar-refractivity contribution in [3.8, 4) is 0 Å². The Morgan fingerprint density at radius 3 is 2.16 bits per heavy atom. The molecule has 7 nitrogen and oxygen atoms in total. The lowest BCUT2D eigenvalue weighted by Gasteiger charge is -2.25. The molecule has 0 saturated carbocycles. The second-order valence-corrected chi connectivity index (χ2v) is 9.06. The van der Waals surface area contributed by atoms with Gasteiger partial charge in [0.05, 0.1) is 17.1 Å². The lowest BCUT2D eigenvalue weighted by atomic mass is 10.0. The molecular formula is C24H25N3O4S. The molecule has 0 unspecified atom stereocenters. The van der Waals surface area contributed by atoms with Crippen LogP contribution in [0.4, 0.5) is 5.69 Å². The normalized spacial score (nSPS) is 12.4. The first-order valence-electron chi connectivity index (χ1n) is 9.98. The number of carbonyl (C=O) groups is 2. The number of carbonyl (C=O) groups excluding carboxylic acids is 2. The molecular weight excluding hydrogens is 426 g/mol. The highest BCUT2D eigenvalue weighted by Gasteiger charge is 2.18. The number of nitrogens with one attached hydrogen (secondary N) is 1. The lowest BCUT2D eigenvalue weighted by Crippen LogP contribution is -2.32. The number of amides is 1. The van der Waals surface area contributed by atoms with Crippen LogP contribution in [0.15, 0.2) is 83.8 Å². The van der Waals surface area contributed by atoms with Gasteiger partial charge in [0.25, 0.3) is 0 Å². The molecule has 1 atom stereocenters. The summed E-state index contributed by atoms with van der Waals surface area (Å²) in [6, 6.07) is 21.9. The molecule has 3 aromatic carbocycles. The first-order chi connectivity index (χ1) is 15.2. The maximum absolute atomic E-state index is 12.8. The lowest BCUT2D eigenvalue weighted by molar-refractivity contribution is -0.117. The van der Waals surface area contributed by atoms with Gasteiger partial charge in [-0.2, -0.15) is 0 Å². The predicted molar refractivity (Wildman–Crippen MR) is 124 cm³/mol. The third kappa shape index (κ3) is 5.67. The fraction of sp³-hybridized carbons (Fsp3) is 0.167. The SMILES string of the molecule is C[C@H](c1ccc(S(N)(=O)=O)cc1)N(C)CC(=O)Nc1ccccc1C(=O)c1ccccc1. The molecule has 0 saturated heterocycles. The van der Waals surface area contributed by atoms with Crippen LogP contribution in [-0.4, -0.2) is 38.6 Å². The van der Waals surface area contributed by atoms with Gasteiger partial charge in [0.15, 0.2) is 5.78 Å². The predicted octanol–water partition coefficient (Wildman–Crippen LogP) is 3.20. The number of likely N-dealkylation sites (N-methyl/N-ethyl adjacent to an activating group) is 1. The molecule has 0 aliphatic rings. The van der Waals surface area contributed by atoms with E-state index in [1.54, 1.807) is 67.7 Å². The summed E-state index contributed by atoms with van der Waals surface area (Å²) < 4.78 is 22.8. The molecule has 3 N–H and O–H groups in total. The average molecular weight is 452 g/mol. The molecule has 0 spiro atoms. The van der Waals surface area contributed by atoms with Crippen molar-refractivity contribution in [3.05, 3.63) is 95.6 Å². The Hall–Kier alpha value is -3.33. The van der Waals surface area contributed by atoms with Crippen molar-refractivity contribution in [2.24, 2.45) is 5.14 Å². The molecule has 0 bridgehead atoms. The van der Waals surface area contributed by atoms with Crippen LogP contribution < -0.4 is 10.5 Å². The number of para-hydroxylation sites is 1. The zero-order chi connectivity index (χ0) is 23.3. The monoisotopic (exact) mass is 451 g/mol. The van der Waals surface area contributed by atoms with E-state index in [1.165, 1.54) is 12.1 Å². The zero-order valence-electron chi connectivity index (χ0n) is 17.9. The number of ketones is 1. The van der Waals surface area contributed by atoms with Crippen molar-refractivity contribution in [3.63, 3.8) is 0 Å². The standard InChI is InChI=1S/C24H25N3O4S/c1-17(18-12-14-20(15-13-18)32(25,30)31)27(2)16-23(28)26-22-11-7-6-10-21(22)24(29)19-8-4-3-5-9-19/h3-15,17H,16H2,1-2H3,(H,26,28)(H2,25,30,31)/t17-/m1/s1. The van der Waals surface area contributed by atoms with Gasteiger partial charge in [-0.05, 0) is 43.8 Å². The summed E-state index contributed by atoms with van der Waals surface area (Å²) in [5, 5.41) is 7.97. The third-order valence-corrected chi connectivity index (χ3v) is 6.16. The van der Waals surface area contributed by atoms with E-state index in [2.05, 4.69) is 5.32 Å². The van der Waals surface area contributed by atoms with E-state index in [9.17, 15) is 18.0 Å². The number of sulfonamides is 1. The zero-order valence-corrected chi connectivity index (χ0v) is 18.7. The number of hydrogen-bond donors (Lipinski definition) is 2. The van der Waals surface area contributed by atoms with Crippen LogP contribution in [-0.2, 0) is 14.8 Å². The summed E-state index contributed by atoms with van der Waals surface area (Å²) in [6.45, 7) is 1.98. The Labute approximate surface area is 187 Å². The van der Waals surface area contributed by atoms with Crippen molar-refractivity contribution < 1.29 is 18.0 Å². The number of benzene rings is 3. The minimum absolute atomic E-state index is 0.0357. The van der Waals surface area contributed by atoms with Gasteiger partial charge in [0.2, 0.25) is 15.9 Å². The number of nitrogens with two attached hydrogens (primary N) is 1. The van der Waals surface area contributed by atoms with E-state index in [1.807, 2.05) is 17.9 Å². The Morgan fingerprint density at radius 1 is 0.938 bits per heavy atom. The van der Waals surface area contributed by atoms with E-state index in [0.717, 1.165) is 5.56 Å². The van der Waals surface area contributed by atoms with E-state index in [4.69, 9.17) is 5.14 Å². The second-order valence-electron chi connectivity index (χ2n) is 7.49. The fourth-order valence-electron chi connectivity index (χ4n) is 3.28. The van der Waals surface area contributed by atoms with E-state index in [0.29, 0.717) is 16.8 Å². The van der Waals surface area contributed by atoms with Crippen LogP contribution >= 0.6 is 0 Å². The first-order valence-corrected chi connectivity index (χ1v) is 11.5. The number of hydrogen-bond acceptors (Lipinski definition) is 5. The van der Waals surface area contributed by atoms with Gasteiger partial charge in [0.1, 0.15) is 0 Å². The third-order valence-electron chi connectivity index (χ3n) is 5.23. The number of nitrogens with zero attached hydrogens (tertiary/aromatic N) is 1. The quantitative estimate of drug-likeness (QED) is 0.511. The summed E-state index contributed by atoms with van der Waals surface area (Å²) in [7, 11) is -1.97. The number of anilines is 1. The van der Waals surface area contributed by atoms with Gasteiger partial charge >= 0.3 is 0 Å². The van der Waals surface area contributed by atoms with E-state index in [-0.39, 0.29) is 29.2 Å². The van der Waals surface area contributed by atoms with E-state index >= 15 is 0 Å². The minimum Gasteiger partial charge on any atom is -0.324 e. The van der Waals surface area contributed by atoms with Crippen molar-refractivity contribution in [2.45, 2.75) is 17.9 Å². The maximum Gasteiger partial charge on any atom is 0.238 e. The van der Waals surface area contributed by atoms with Crippen LogP contribution in [0.3, 0.4) is 0 Å². The Morgan fingerprint density at radius 2 is 1.53 bits per heavy atom. The van der Waals surface area contributed by atoms with Crippen molar-refractivity contribution >= 4 is 27.4 Å². The number of rotatable bonds is 8. The highest BCUT2D eigenvalue weighted by atomic mass is 32.2. The minimum atomic E-state index is -3.76. The molecule has 0 radical (unpaired) electrons. The van der Waals surface area contributed by atoms with Crippen LogP contribution in [0.2, 0.25) is 0 Å². The Bertz CT molecular complexity index is 1210.